The second-order valence-electron chi connectivity index (χ2n) is 8.10. The number of ether oxygens (including phenoxy) is 1. The Morgan fingerprint density at radius 3 is 2.23 bits per heavy atom. The van der Waals surface area contributed by atoms with E-state index in [4.69, 9.17) is 0 Å². The first-order valence-electron chi connectivity index (χ1n) is 10.7. The van der Waals surface area contributed by atoms with Crippen LogP contribution in [0.4, 0.5) is 24.5 Å². The third-order valence-electron chi connectivity index (χ3n) is 5.28. The Hall–Kier alpha value is -3.53. The van der Waals surface area contributed by atoms with Crippen molar-refractivity contribution in [2.45, 2.75) is 37.4 Å². The number of carbonyl (C=O) groups is 1. The van der Waals surface area contributed by atoms with Crippen molar-refractivity contribution in [3.63, 3.8) is 0 Å². The van der Waals surface area contributed by atoms with Crippen LogP contribution in [0.1, 0.15) is 46.8 Å². The Morgan fingerprint density at radius 1 is 0.971 bits per heavy atom. The van der Waals surface area contributed by atoms with Crippen molar-refractivity contribution in [2.24, 2.45) is 0 Å². The number of hydrogen-bond acceptors (Lipinski definition) is 5. The van der Waals surface area contributed by atoms with Crippen molar-refractivity contribution in [1.29, 1.82) is 0 Å². The summed E-state index contributed by atoms with van der Waals surface area (Å²) in [4.78, 5) is 11.6. The molecule has 10 heteroatoms. The molecule has 2 N–H and O–H groups in total. The summed E-state index contributed by atoms with van der Waals surface area (Å²) < 4.78 is 73.4. The molecule has 6 nitrogen and oxygen atoms in total. The van der Waals surface area contributed by atoms with Crippen LogP contribution in [0.3, 0.4) is 0 Å². The standard InChI is InChI=1S/C25H25F3N2O4S/c1-16(2)20-6-4-5-7-23(20)35(32,33)30-21-13-12-19(25(26,27)28)14-22(21)29-15-17-8-10-18(11-9-17)24(31)34-3/h4-14,16,29-30H,15H2,1-3H3. The number of benzene rings is 3. The fourth-order valence-electron chi connectivity index (χ4n) is 3.43. The van der Waals surface area contributed by atoms with Crippen LogP contribution in [0.2, 0.25) is 0 Å². The number of nitrogens with one attached hydrogen (secondary N) is 2. The van der Waals surface area contributed by atoms with Crippen LogP contribution < -0.4 is 10.0 Å². The van der Waals surface area contributed by atoms with Gasteiger partial charge in [0.1, 0.15) is 0 Å². The molecule has 0 aliphatic heterocycles. The van der Waals surface area contributed by atoms with Gasteiger partial charge in [0.05, 0.1) is 34.5 Å². The molecule has 0 fully saturated rings. The molecule has 0 saturated carbocycles. The fourth-order valence-corrected chi connectivity index (χ4v) is 4.88. The summed E-state index contributed by atoms with van der Waals surface area (Å²) >= 11 is 0. The van der Waals surface area contributed by atoms with E-state index in [0.717, 1.165) is 18.2 Å². The van der Waals surface area contributed by atoms with Gasteiger partial charge in [0.15, 0.2) is 0 Å². The Kier molecular flexibility index (Phi) is 7.74. The molecule has 0 amide bonds. The summed E-state index contributed by atoms with van der Waals surface area (Å²) in [6, 6.07) is 15.5. The van der Waals surface area contributed by atoms with Gasteiger partial charge in [-0.1, -0.05) is 44.2 Å². The third kappa shape index (κ3) is 6.33. The van der Waals surface area contributed by atoms with Gasteiger partial charge in [-0.2, -0.15) is 13.2 Å². The Morgan fingerprint density at radius 2 is 1.63 bits per heavy atom. The van der Waals surface area contributed by atoms with Crippen molar-refractivity contribution < 1.29 is 31.1 Å². The van der Waals surface area contributed by atoms with Crippen LogP contribution in [0.15, 0.2) is 71.6 Å². The van der Waals surface area contributed by atoms with E-state index in [9.17, 15) is 26.4 Å². The van der Waals surface area contributed by atoms with Gasteiger partial charge in [0, 0.05) is 6.54 Å². The van der Waals surface area contributed by atoms with Crippen LogP contribution in [0.5, 0.6) is 0 Å². The molecular formula is C25H25F3N2O4S. The zero-order valence-corrected chi connectivity index (χ0v) is 20.1. The maximum absolute atomic E-state index is 13.4. The molecule has 0 aromatic heterocycles. The van der Waals surface area contributed by atoms with Crippen molar-refractivity contribution in [3.05, 3.63) is 89.0 Å². The zero-order valence-electron chi connectivity index (χ0n) is 19.3. The predicted molar refractivity (Wildman–Crippen MR) is 128 cm³/mol. The first kappa shape index (κ1) is 26.1. The summed E-state index contributed by atoms with van der Waals surface area (Å²) in [5.74, 6) is -0.596. The lowest BCUT2D eigenvalue weighted by Gasteiger charge is -2.18. The highest BCUT2D eigenvalue weighted by atomic mass is 32.2. The Balaban J connectivity index is 1.93. The summed E-state index contributed by atoms with van der Waals surface area (Å²) in [7, 11) is -2.83. The molecule has 0 radical (unpaired) electrons. The highest BCUT2D eigenvalue weighted by Crippen LogP contribution is 2.35. The summed E-state index contributed by atoms with van der Waals surface area (Å²) in [6.45, 7) is 3.79. The first-order chi connectivity index (χ1) is 16.4. The lowest BCUT2D eigenvalue weighted by atomic mass is 10.0. The Labute approximate surface area is 202 Å². The van der Waals surface area contributed by atoms with Crippen molar-refractivity contribution in [1.82, 2.24) is 0 Å². The van der Waals surface area contributed by atoms with Crippen LogP contribution in [-0.4, -0.2) is 21.5 Å². The summed E-state index contributed by atoms with van der Waals surface area (Å²) in [5, 5.41) is 2.87. The number of anilines is 2. The van der Waals surface area contributed by atoms with Gasteiger partial charge < -0.3 is 10.1 Å². The topological polar surface area (TPSA) is 84.5 Å². The van der Waals surface area contributed by atoms with E-state index in [1.54, 1.807) is 30.3 Å². The number of alkyl halides is 3. The molecule has 0 spiro atoms. The number of hydrogen-bond donors (Lipinski definition) is 2. The van der Waals surface area contributed by atoms with E-state index in [1.165, 1.54) is 25.3 Å². The molecular weight excluding hydrogens is 481 g/mol. The van der Waals surface area contributed by atoms with Gasteiger partial charge in [0.2, 0.25) is 0 Å². The predicted octanol–water partition coefficient (Wildman–Crippen LogP) is 6.03. The molecule has 186 valence electrons. The van der Waals surface area contributed by atoms with Gasteiger partial charge in [-0.15, -0.1) is 0 Å². The number of sulfonamides is 1. The first-order valence-corrected chi connectivity index (χ1v) is 12.1. The SMILES string of the molecule is COC(=O)c1ccc(CNc2cc(C(F)(F)F)ccc2NS(=O)(=O)c2ccccc2C(C)C)cc1. The van der Waals surface area contributed by atoms with Crippen molar-refractivity contribution in [3.8, 4) is 0 Å². The van der Waals surface area contributed by atoms with Crippen LogP contribution in [-0.2, 0) is 27.5 Å². The minimum absolute atomic E-state index is 0.0252. The monoisotopic (exact) mass is 506 g/mol. The van der Waals surface area contributed by atoms with Gasteiger partial charge in [-0.25, -0.2) is 13.2 Å². The molecule has 0 bridgehead atoms. The maximum atomic E-state index is 13.4. The minimum atomic E-state index is -4.61. The second-order valence-corrected chi connectivity index (χ2v) is 9.75. The molecule has 0 atom stereocenters. The third-order valence-corrected chi connectivity index (χ3v) is 6.72. The fraction of sp³-hybridized carbons (Fsp3) is 0.240. The molecule has 0 saturated heterocycles. The molecule has 3 aromatic carbocycles. The van der Waals surface area contributed by atoms with Crippen molar-refractivity contribution in [2.75, 3.05) is 17.1 Å². The molecule has 3 aromatic rings. The van der Waals surface area contributed by atoms with Gasteiger partial charge >= 0.3 is 12.1 Å². The van der Waals surface area contributed by atoms with Crippen LogP contribution >= 0.6 is 0 Å². The molecule has 0 aliphatic rings. The minimum Gasteiger partial charge on any atom is -0.465 e. The molecule has 35 heavy (non-hydrogen) atoms. The quantitative estimate of drug-likeness (QED) is 0.365. The maximum Gasteiger partial charge on any atom is 0.416 e. The number of esters is 1. The van der Waals surface area contributed by atoms with Crippen LogP contribution in [0.25, 0.3) is 0 Å². The van der Waals surface area contributed by atoms with E-state index in [2.05, 4.69) is 14.8 Å². The zero-order chi connectivity index (χ0) is 25.8. The smallest absolute Gasteiger partial charge is 0.416 e. The molecule has 0 heterocycles. The lowest BCUT2D eigenvalue weighted by molar-refractivity contribution is -0.137. The number of rotatable bonds is 8. The number of carbonyl (C=O) groups excluding carboxylic acids is 1. The summed E-state index contributed by atoms with van der Waals surface area (Å²) in [5.41, 5.74) is 0.588. The average Bonchev–Trinajstić information content (AvgIpc) is 2.82. The van der Waals surface area contributed by atoms with E-state index < -0.39 is 27.7 Å². The highest BCUT2D eigenvalue weighted by Gasteiger charge is 2.31. The second kappa shape index (κ2) is 10.4. The van der Waals surface area contributed by atoms with E-state index in [0.29, 0.717) is 16.7 Å². The number of methoxy groups -OCH3 is 1. The van der Waals surface area contributed by atoms with Crippen molar-refractivity contribution >= 4 is 27.4 Å². The van der Waals surface area contributed by atoms with E-state index >= 15 is 0 Å². The molecule has 0 aliphatic carbocycles. The molecule has 0 unspecified atom stereocenters. The van der Waals surface area contributed by atoms with Crippen LogP contribution in [0, 0.1) is 0 Å². The largest absolute Gasteiger partial charge is 0.465 e. The summed E-state index contributed by atoms with van der Waals surface area (Å²) in [6.07, 6.45) is -4.61. The number of halogens is 3. The van der Waals surface area contributed by atoms with E-state index in [1.807, 2.05) is 13.8 Å². The van der Waals surface area contributed by atoms with Gasteiger partial charge in [-0.05, 0) is 53.4 Å². The van der Waals surface area contributed by atoms with Gasteiger partial charge in [0.25, 0.3) is 10.0 Å². The average molecular weight is 507 g/mol. The normalized spacial score (nSPS) is 11.9. The van der Waals surface area contributed by atoms with Gasteiger partial charge in [-0.3, -0.25) is 4.72 Å². The lowest BCUT2D eigenvalue weighted by Crippen LogP contribution is -2.17. The molecule has 3 rings (SSSR count). The van der Waals surface area contributed by atoms with E-state index in [-0.39, 0.29) is 28.7 Å². The Bertz CT molecular complexity index is 1310. The highest BCUT2D eigenvalue weighted by molar-refractivity contribution is 7.92.